The summed E-state index contributed by atoms with van der Waals surface area (Å²) < 4.78 is 5.28. The number of imidazole rings is 1. The number of unbranched alkanes of at least 4 members (excludes halogenated alkanes) is 35. The van der Waals surface area contributed by atoms with Gasteiger partial charge in [0.15, 0.2) is 0 Å². The van der Waals surface area contributed by atoms with Crippen molar-refractivity contribution in [1.29, 1.82) is 0 Å². The van der Waals surface area contributed by atoms with Gasteiger partial charge in [0, 0.05) is 6.42 Å². The van der Waals surface area contributed by atoms with Crippen LogP contribution < -0.4 is 4.57 Å². The normalized spacial score (nSPS) is 11.7. The molecule has 0 spiro atoms. The zero-order valence-corrected chi connectivity index (χ0v) is 34.5. The molecule has 0 amide bonds. The lowest BCUT2D eigenvalue weighted by molar-refractivity contribution is -0.704. The van der Waals surface area contributed by atoms with Gasteiger partial charge in [0.1, 0.15) is 12.4 Å². The van der Waals surface area contributed by atoms with Crippen LogP contribution in [0.4, 0.5) is 0 Å². The average molecular weight is 686 g/mol. The van der Waals surface area contributed by atoms with Crippen molar-refractivity contribution >= 4 is 0 Å². The molecule has 0 aliphatic carbocycles. The summed E-state index contributed by atoms with van der Waals surface area (Å²) in [6.45, 7) is 9.41. The standard InChI is InChI=1S/C47H93N2/c1-4-7-10-13-16-18-20-22-24-25-27-29-31-33-35-38-41-44-49-46-45-48(43-40-37-15-12-9-6-3)47(49)42-39-36-34-32-30-28-26-23-21-19-17-14-11-8-5-2/h45-46H,4-44H2,1-3H3/q+1. The van der Waals surface area contributed by atoms with Crippen LogP contribution in [0.3, 0.4) is 0 Å². The molecule has 1 aromatic heterocycles. The van der Waals surface area contributed by atoms with Crippen LogP contribution in [-0.2, 0) is 19.5 Å². The molecule has 0 saturated heterocycles. The predicted molar refractivity (Wildman–Crippen MR) is 221 cm³/mol. The number of hydrogen-bond donors (Lipinski definition) is 0. The van der Waals surface area contributed by atoms with E-state index in [1.165, 1.54) is 264 Å². The first kappa shape index (κ1) is 46.2. The molecule has 290 valence electrons. The molecule has 0 saturated carbocycles. The molecule has 0 bridgehead atoms. The fraction of sp³-hybridized carbons (Fsp3) is 0.936. The molecule has 1 aromatic rings. The van der Waals surface area contributed by atoms with E-state index < -0.39 is 0 Å². The van der Waals surface area contributed by atoms with Crippen molar-refractivity contribution in [3.05, 3.63) is 18.2 Å². The lowest BCUT2D eigenvalue weighted by atomic mass is 10.0. The van der Waals surface area contributed by atoms with Crippen LogP contribution in [0.1, 0.15) is 271 Å². The van der Waals surface area contributed by atoms with Gasteiger partial charge in [-0.3, -0.25) is 0 Å². The van der Waals surface area contributed by atoms with Crippen molar-refractivity contribution in [1.82, 2.24) is 4.57 Å². The number of nitrogens with zero attached hydrogens (tertiary/aromatic N) is 2. The Morgan fingerprint density at radius 1 is 0.347 bits per heavy atom. The Balaban J connectivity index is 2.17. The zero-order valence-electron chi connectivity index (χ0n) is 34.5. The predicted octanol–water partition coefficient (Wildman–Crippen LogP) is 16.2. The largest absolute Gasteiger partial charge is 0.256 e. The number of rotatable bonds is 41. The molecule has 0 fully saturated rings. The SMILES string of the molecule is CCCCCCCCCCCCCCCCCCC[n+]1ccn(CCCCCCCC)c1CCCCCCCCCCCCCCCCC. The monoisotopic (exact) mass is 686 g/mol. The molecule has 1 rings (SSSR count). The second-order valence-electron chi connectivity index (χ2n) is 16.2. The molecule has 1 heterocycles. The van der Waals surface area contributed by atoms with E-state index in [0.29, 0.717) is 0 Å². The number of aryl methyl sites for hydroxylation is 2. The minimum Gasteiger partial charge on any atom is -0.234 e. The molecule has 0 aliphatic heterocycles. The Morgan fingerprint density at radius 3 is 0.980 bits per heavy atom. The zero-order chi connectivity index (χ0) is 35.1. The minimum atomic E-state index is 1.23. The Hall–Kier alpha value is -0.790. The molecule has 49 heavy (non-hydrogen) atoms. The fourth-order valence-corrected chi connectivity index (χ4v) is 7.92. The quantitative estimate of drug-likeness (QED) is 0.0479. The summed E-state index contributed by atoms with van der Waals surface area (Å²) in [7, 11) is 0. The first-order valence-electron chi connectivity index (χ1n) is 23.4. The van der Waals surface area contributed by atoms with Crippen LogP contribution in [0.15, 0.2) is 12.4 Å². The third-order valence-electron chi connectivity index (χ3n) is 11.3. The van der Waals surface area contributed by atoms with Crippen LogP contribution in [0.5, 0.6) is 0 Å². The van der Waals surface area contributed by atoms with Crippen LogP contribution in [0.25, 0.3) is 0 Å². The third kappa shape index (κ3) is 30.5. The molecular weight excluding hydrogens is 593 g/mol. The summed E-state index contributed by atoms with van der Waals surface area (Å²) in [5.74, 6) is 1.62. The van der Waals surface area contributed by atoms with Crippen molar-refractivity contribution < 1.29 is 4.57 Å². The topological polar surface area (TPSA) is 8.81 Å². The second kappa shape index (κ2) is 38.4. The van der Waals surface area contributed by atoms with Gasteiger partial charge < -0.3 is 0 Å². The van der Waals surface area contributed by atoms with E-state index in [4.69, 9.17) is 0 Å². The van der Waals surface area contributed by atoms with Gasteiger partial charge in [-0.15, -0.1) is 0 Å². The highest BCUT2D eigenvalue weighted by atomic mass is 15.1. The van der Waals surface area contributed by atoms with E-state index in [1.54, 1.807) is 5.82 Å². The maximum Gasteiger partial charge on any atom is 0.256 e. The lowest BCUT2D eigenvalue weighted by Gasteiger charge is -2.07. The van der Waals surface area contributed by atoms with E-state index in [2.05, 4.69) is 42.3 Å². The van der Waals surface area contributed by atoms with Gasteiger partial charge in [-0.25, -0.2) is 9.13 Å². The summed E-state index contributed by atoms with van der Waals surface area (Å²) in [5, 5.41) is 0. The highest BCUT2D eigenvalue weighted by Crippen LogP contribution is 2.16. The number of hydrogen-bond acceptors (Lipinski definition) is 0. The maximum atomic E-state index is 2.64. The van der Waals surface area contributed by atoms with Crippen molar-refractivity contribution in [2.24, 2.45) is 0 Å². The van der Waals surface area contributed by atoms with E-state index in [1.807, 2.05) is 0 Å². The van der Waals surface area contributed by atoms with Crippen LogP contribution in [0, 0.1) is 0 Å². The lowest BCUT2D eigenvalue weighted by Crippen LogP contribution is -2.37. The molecule has 0 N–H and O–H groups in total. The van der Waals surface area contributed by atoms with Crippen LogP contribution in [0.2, 0.25) is 0 Å². The smallest absolute Gasteiger partial charge is 0.234 e. The van der Waals surface area contributed by atoms with Crippen molar-refractivity contribution in [2.75, 3.05) is 0 Å². The van der Waals surface area contributed by atoms with Crippen molar-refractivity contribution in [3.8, 4) is 0 Å². The van der Waals surface area contributed by atoms with Gasteiger partial charge in [0.05, 0.1) is 13.1 Å². The molecule has 0 aromatic carbocycles. The Bertz CT molecular complexity index is 751. The highest BCUT2D eigenvalue weighted by molar-refractivity contribution is 4.84. The van der Waals surface area contributed by atoms with Gasteiger partial charge >= 0.3 is 0 Å². The Kier molecular flexibility index (Phi) is 36.3. The van der Waals surface area contributed by atoms with Gasteiger partial charge in [-0.1, -0.05) is 233 Å². The summed E-state index contributed by atoms with van der Waals surface area (Å²) in [4.78, 5) is 0. The van der Waals surface area contributed by atoms with Gasteiger partial charge in [-0.05, 0) is 32.1 Å². The fourth-order valence-electron chi connectivity index (χ4n) is 7.92. The van der Waals surface area contributed by atoms with Gasteiger partial charge in [0.25, 0.3) is 5.82 Å². The van der Waals surface area contributed by atoms with Gasteiger partial charge in [0.2, 0.25) is 0 Å². The highest BCUT2D eigenvalue weighted by Gasteiger charge is 2.16. The van der Waals surface area contributed by atoms with Gasteiger partial charge in [-0.2, -0.15) is 0 Å². The molecule has 0 unspecified atom stereocenters. The minimum absolute atomic E-state index is 1.23. The first-order valence-corrected chi connectivity index (χ1v) is 23.4. The summed E-state index contributed by atoms with van der Waals surface area (Å²) in [6, 6.07) is 0. The van der Waals surface area contributed by atoms with E-state index in [9.17, 15) is 0 Å². The maximum absolute atomic E-state index is 2.64. The van der Waals surface area contributed by atoms with Crippen molar-refractivity contribution in [2.45, 2.75) is 284 Å². The van der Waals surface area contributed by atoms with E-state index in [0.717, 1.165) is 0 Å². The molecular formula is C47H93N2+. The summed E-state index contributed by atoms with van der Waals surface area (Å²) in [6.07, 6.45) is 60.9. The molecule has 0 radical (unpaired) electrons. The van der Waals surface area contributed by atoms with Crippen LogP contribution in [-0.4, -0.2) is 4.57 Å². The first-order chi connectivity index (χ1) is 24.3. The molecule has 0 aliphatic rings. The Morgan fingerprint density at radius 2 is 0.633 bits per heavy atom. The molecule has 0 atom stereocenters. The number of aromatic nitrogens is 2. The third-order valence-corrected chi connectivity index (χ3v) is 11.3. The summed E-state index contributed by atoms with van der Waals surface area (Å²) >= 11 is 0. The summed E-state index contributed by atoms with van der Waals surface area (Å²) in [5.41, 5.74) is 0. The molecule has 2 heteroatoms. The van der Waals surface area contributed by atoms with Crippen LogP contribution >= 0.6 is 0 Å². The van der Waals surface area contributed by atoms with Crippen molar-refractivity contribution in [3.63, 3.8) is 0 Å². The Labute approximate surface area is 310 Å². The molecule has 2 nitrogen and oxygen atoms in total. The second-order valence-corrected chi connectivity index (χ2v) is 16.2. The average Bonchev–Trinajstić information content (AvgIpc) is 3.50. The van der Waals surface area contributed by atoms with E-state index in [-0.39, 0.29) is 0 Å². The van der Waals surface area contributed by atoms with E-state index >= 15 is 0 Å².